The molecular formula is C15H17ClN2O. The van der Waals surface area contributed by atoms with Gasteiger partial charge in [0.2, 0.25) is 5.88 Å². The molecule has 1 aromatic heterocycles. The van der Waals surface area contributed by atoms with Crippen molar-refractivity contribution in [1.29, 1.82) is 0 Å². The highest BCUT2D eigenvalue weighted by Gasteiger charge is 2.15. The van der Waals surface area contributed by atoms with Gasteiger partial charge in [-0.2, -0.15) is 0 Å². The number of hydrogen-bond acceptors (Lipinski definition) is 3. The summed E-state index contributed by atoms with van der Waals surface area (Å²) < 4.78 is 5.88. The number of rotatable bonds is 3. The van der Waals surface area contributed by atoms with Crippen LogP contribution in [0, 0.1) is 5.92 Å². The lowest BCUT2D eigenvalue weighted by Gasteiger charge is -2.21. The van der Waals surface area contributed by atoms with Crippen LogP contribution in [0.3, 0.4) is 0 Å². The molecule has 0 unspecified atom stereocenters. The van der Waals surface area contributed by atoms with Gasteiger partial charge in [0.15, 0.2) is 5.15 Å². The molecule has 0 saturated heterocycles. The predicted octanol–water partition coefficient (Wildman–Crippen LogP) is 4.24. The monoisotopic (exact) mass is 276 g/mol. The fourth-order valence-electron chi connectivity index (χ4n) is 2.70. The molecule has 4 heteroatoms. The van der Waals surface area contributed by atoms with E-state index in [1.807, 2.05) is 24.3 Å². The number of aromatic nitrogens is 2. The minimum atomic E-state index is 0.431. The molecule has 1 aromatic carbocycles. The van der Waals surface area contributed by atoms with Crippen molar-refractivity contribution in [3.63, 3.8) is 0 Å². The van der Waals surface area contributed by atoms with Crippen molar-refractivity contribution in [2.24, 2.45) is 5.92 Å². The van der Waals surface area contributed by atoms with Crippen molar-refractivity contribution in [3.05, 3.63) is 29.4 Å². The smallest absolute Gasteiger partial charge is 0.241 e. The van der Waals surface area contributed by atoms with E-state index in [0.717, 1.165) is 17.4 Å². The van der Waals surface area contributed by atoms with E-state index in [0.29, 0.717) is 17.0 Å². The van der Waals surface area contributed by atoms with Crippen LogP contribution in [-0.2, 0) is 0 Å². The maximum absolute atomic E-state index is 6.05. The molecular weight excluding hydrogens is 260 g/mol. The first kappa shape index (κ1) is 12.7. The molecule has 1 aliphatic rings. The summed E-state index contributed by atoms with van der Waals surface area (Å²) in [6, 6.07) is 7.83. The lowest BCUT2D eigenvalue weighted by molar-refractivity contribution is 0.203. The molecule has 19 heavy (non-hydrogen) atoms. The van der Waals surface area contributed by atoms with E-state index < -0.39 is 0 Å². The van der Waals surface area contributed by atoms with Crippen molar-refractivity contribution in [1.82, 2.24) is 10.2 Å². The van der Waals surface area contributed by atoms with Gasteiger partial charge in [0.1, 0.15) is 0 Å². The average Bonchev–Trinajstić information content (AvgIpc) is 2.48. The lowest BCUT2D eigenvalue weighted by Crippen LogP contribution is -2.16. The van der Waals surface area contributed by atoms with Gasteiger partial charge in [-0.15, -0.1) is 10.2 Å². The molecule has 0 radical (unpaired) electrons. The lowest BCUT2D eigenvalue weighted by atomic mass is 9.90. The molecule has 0 amide bonds. The normalized spacial score (nSPS) is 16.7. The van der Waals surface area contributed by atoms with Gasteiger partial charge >= 0.3 is 0 Å². The summed E-state index contributed by atoms with van der Waals surface area (Å²) >= 11 is 6.05. The molecule has 0 aliphatic heterocycles. The van der Waals surface area contributed by atoms with E-state index in [4.69, 9.17) is 16.3 Å². The second kappa shape index (κ2) is 5.74. The van der Waals surface area contributed by atoms with Crippen molar-refractivity contribution in [2.45, 2.75) is 32.1 Å². The molecule has 1 heterocycles. The van der Waals surface area contributed by atoms with Crippen molar-refractivity contribution in [2.75, 3.05) is 6.61 Å². The summed E-state index contributed by atoms with van der Waals surface area (Å²) in [6.45, 7) is 0.736. The minimum absolute atomic E-state index is 0.431. The number of nitrogens with zero attached hydrogens (tertiary/aromatic N) is 2. The molecule has 100 valence electrons. The maximum Gasteiger partial charge on any atom is 0.241 e. The molecule has 3 rings (SSSR count). The maximum atomic E-state index is 6.05. The van der Waals surface area contributed by atoms with Crippen LogP contribution < -0.4 is 4.74 Å². The van der Waals surface area contributed by atoms with Crippen molar-refractivity contribution < 1.29 is 4.74 Å². The van der Waals surface area contributed by atoms with E-state index in [1.165, 1.54) is 32.1 Å². The molecule has 0 N–H and O–H groups in total. The summed E-state index contributed by atoms with van der Waals surface area (Å²) in [6.07, 6.45) is 6.53. The largest absolute Gasteiger partial charge is 0.476 e. The zero-order valence-corrected chi connectivity index (χ0v) is 11.6. The highest BCUT2D eigenvalue weighted by atomic mass is 35.5. The first-order valence-corrected chi connectivity index (χ1v) is 7.26. The Bertz CT molecular complexity index is 567. The highest BCUT2D eigenvalue weighted by molar-refractivity contribution is 6.34. The summed E-state index contributed by atoms with van der Waals surface area (Å²) in [5.74, 6) is 1.26. The summed E-state index contributed by atoms with van der Waals surface area (Å²) in [5.41, 5.74) is 0. The zero-order chi connectivity index (χ0) is 13.1. The van der Waals surface area contributed by atoms with Gasteiger partial charge in [-0.3, -0.25) is 0 Å². The van der Waals surface area contributed by atoms with Gasteiger partial charge in [0.05, 0.1) is 6.61 Å². The molecule has 1 aliphatic carbocycles. The number of fused-ring (bicyclic) bond motifs is 1. The van der Waals surface area contributed by atoms with Gasteiger partial charge in [0.25, 0.3) is 0 Å². The van der Waals surface area contributed by atoms with E-state index >= 15 is 0 Å². The number of hydrogen-bond donors (Lipinski definition) is 0. The molecule has 3 nitrogen and oxygen atoms in total. The van der Waals surface area contributed by atoms with Crippen LogP contribution >= 0.6 is 11.6 Å². The van der Waals surface area contributed by atoms with Gasteiger partial charge in [-0.05, 0) is 24.8 Å². The van der Waals surface area contributed by atoms with E-state index in [-0.39, 0.29) is 0 Å². The molecule has 0 bridgehead atoms. The first-order valence-electron chi connectivity index (χ1n) is 6.88. The molecule has 0 spiro atoms. The number of benzene rings is 1. The molecule has 0 atom stereocenters. The molecule has 1 saturated carbocycles. The van der Waals surface area contributed by atoms with Crippen LogP contribution in [0.2, 0.25) is 5.15 Å². The fourth-order valence-corrected chi connectivity index (χ4v) is 2.91. The Kier molecular flexibility index (Phi) is 3.83. The topological polar surface area (TPSA) is 35.0 Å². The molecule has 1 fully saturated rings. The Labute approximate surface area is 117 Å². The second-order valence-corrected chi connectivity index (χ2v) is 5.51. The SMILES string of the molecule is Clc1nnc(OCC2CCCCC2)c2ccccc12. The van der Waals surface area contributed by atoms with Crippen molar-refractivity contribution >= 4 is 22.4 Å². The van der Waals surface area contributed by atoms with E-state index in [2.05, 4.69) is 10.2 Å². The highest BCUT2D eigenvalue weighted by Crippen LogP contribution is 2.29. The summed E-state index contributed by atoms with van der Waals surface area (Å²) in [4.78, 5) is 0. The third kappa shape index (κ3) is 2.81. The Morgan fingerprint density at radius 1 is 1.05 bits per heavy atom. The Morgan fingerprint density at radius 3 is 2.58 bits per heavy atom. The zero-order valence-electron chi connectivity index (χ0n) is 10.8. The Morgan fingerprint density at radius 2 is 1.79 bits per heavy atom. The van der Waals surface area contributed by atoms with Gasteiger partial charge in [0, 0.05) is 10.8 Å². The summed E-state index contributed by atoms with van der Waals surface area (Å²) in [7, 11) is 0. The Balaban J connectivity index is 1.79. The van der Waals surface area contributed by atoms with Crippen LogP contribution in [0.5, 0.6) is 5.88 Å². The first-order chi connectivity index (χ1) is 9.34. The third-order valence-electron chi connectivity index (χ3n) is 3.79. The fraction of sp³-hybridized carbons (Fsp3) is 0.467. The predicted molar refractivity (Wildman–Crippen MR) is 76.6 cm³/mol. The Hall–Kier alpha value is -1.35. The van der Waals surface area contributed by atoms with Crippen LogP contribution in [0.25, 0.3) is 10.8 Å². The third-order valence-corrected chi connectivity index (χ3v) is 4.07. The van der Waals surface area contributed by atoms with Crippen LogP contribution in [0.1, 0.15) is 32.1 Å². The van der Waals surface area contributed by atoms with Gasteiger partial charge in [-0.1, -0.05) is 49.1 Å². The average molecular weight is 277 g/mol. The van der Waals surface area contributed by atoms with Crippen LogP contribution in [-0.4, -0.2) is 16.8 Å². The van der Waals surface area contributed by atoms with Gasteiger partial charge in [-0.25, -0.2) is 0 Å². The second-order valence-electron chi connectivity index (χ2n) is 5.16. The summed E-state index contributed by atoms with van der Waals surface area (Å²) in [5, 5.41) is 10.3. The van der Waals surface area contributed by atoms with E-state index in [9.17, 15) is 0 Å². The van der Waals surface area contributed by atoms with E-state index in [1.54, 1.807) is 0 Å². The minimum Gasteiger partial charge on any atom is -0.476 e. The van der Waals surface area contributed by atoms with Crippen LogP contribution in [0.4, 0.5) is 0 Å². The number of ether oxygens (including phenoxy) is 1. The van der Waals surface area contributed by atoms with Crippen LogP contribution in [0.15, 0.2) is 24.3 Å². The number of halogens is 1. The molecule has 2 aromatic rings. The quantitative estimate of drug-likeness (QED) is 0.841. The van der Waals surface area contributed by atoms with Crippen molar-refractivity contribution in [3.8, 4) is 5.88 Å². The van der Waals surface area contributed by atoms with Gasteiger partial charge < -0.3 is 4.74 Å². The standard InChI is InChI=1S/C15H17ClN2O/c16-14-12-8-4-5-9-13(12)15(18-17-14)19-10-11-6-2-1-3-7-11/h4-5,8-9,11H,1-3,6-7,10H2.